The summed E-state index contributed by atoms with van der Waals surface area (Å²) >= 11 is 0. The van der Waals surface area contributed by atoms with Crippen LogP contribution in [0.2, 0.25) is 0 Å². The fourth-order valence-corrected chi connectivity index (χ4v) is 3.73. The van der Waals surface area contributed by atoms with Gasteiger partial charge in [-0.1, -0.05) is 36.4 Å². The zero-order chi connectivity index (χ0) is 17.9. The van der Waals surface area contributed by atoms with Crippen molar-refractivity contribution in [3.05, 3.63) is 77.6 Å². The lowest BCUT2D eigenvalue weighted by atomic mass is 9.88. The Labute approximate surface area is 152 Å². The summed E-state index contributed by atoms with van der Waals surface area (Å²) in [6.45, 7) is 2.13. The van der Waals surface area contributed by atoms with E-state index in [1.165, 1.54) is 12.1 Å². The van der Waals surface area contributed by atoms with Crippen molar-refractivity contribution in [2.24, 2.45) is 0 Å². The molecule has 0 radical (unpaired) electrons. The number of phenolic OH excluding ortho intramolecular Hbond substituents is 1. The standard InChI is InChI=1S/C22H22FNO2/c23-18-7-5-16(6-8-18)20-9-10-24-13-22(20)26-14-15-11-17-3-1-2-4-19(17)21(25)12-15/h1-8,11-12,20,22,24-25H,9-10,13-14H2. The van der Waals surface area contributed by atoms with Gasteiger partial charge in [0.15, 0.2) is 0 Å². The van der Waals surface area contributed by atoms with Crippen LogP contribution in [0.25, 0.3) is 10.8 Å². The fourth-order valence-electron chi connectivity index (χ4n) is 3.73. The number of halogens is 1. The molecule has 1 aliphatic heterocycles. The molecule has 4 rings (SSSR count). The summed E-state index contributed by atoms with van der Waals surface area (Å²) in [7, 11) is 0. The molecular weight excluding hydrogens is 329 g/mol. The van der Waals surface area contributed by atoms with E-state index in [0.717, 1.165) is 41.4 Å². The first-order valence-electron chi connectivity index (χ1n) is 8.99. The molecule has 4 heteroatoms. The maximum Gasteiger partial charge on any atom is 0.123 e. The largest absolute Gasteiger partial charge is 0.507 e. The van der Waals surface area contributed by atoms with Crippen molar-refractivity contribution in [3.8, 4) is 5.75 Å². The van der Waals surface area contributed by atoms with Crippen molar-refractivity contribution in [1.82, 2.24) is 5.32 Å². The summed E-state index contributed by atoms with van der Waals surface area (Å²) in [6.07, 6.45) is 0.974. The molecule has 0 saturated carbocycles. The maximum absolute atomic E-state index is 13.2. The van der Waals surface area contributed by atoms with E-state index in [1.54, 1.807) is 6.07 Å². The van der Waals surface area contributed by atoms with Crippen LogP contribution in [-0.2, 0) is 11.3 Å². The molecule has 0 spiro atoms. The number of piperidine rings is 1. The van der Waals surface area contributed by atoms with E-state index >= 15 is 0 Å². The number of aromatic hydroxyl groups is 1. The highest BCUT2D eigenvalue weighted by atomic mass is 19.1. The first-order valence-corrected chi connectivity index (χ1v) is 8.99. The molecule has 0 aromatic heterocycles. The molecule has 0 aliphatic carbocycles. The lowest BCUT2D eigenvalue weighted by Gasteiger charge is -2.32. The van der Waals surface area contributed by atoms with Gasteiger partial charge in [-0.25, -0.2) is 4.39 Å². The second kappa shape index (κ2) is 7.44. The van der Waals surface area contributed by atoms with Gasteiger partial charge in [-0.15, -0.1) is 0 Å². The average molecular weight is 351 g/mol. The second-order valence-electron chi connectivity index (χ2n) is 6.84. The SMILES string of the molecule is Oc1cc(COC2CNCCC2c2ccc(F)cc2)cc2ccccc12. The van der Waals surface area contributed by atoms with Gasteiger partial charge in [-0.05, 0) is 53.7 Å². The zero-order valence-corrected chi connectivity index (χ0v) is 14.5. The second-order valence-corrected chi connectivity index (χ2v) is 6.84. The summed E-state index contributed by atoms with van der Waals surface area (Å²) < 4.78 is 19.4. The Morgan fingerprint density at radius 1 is 1.08 bits per heavy atom. The van der Waals surface area contributed by atoms with Gasteiger partial charge in [-0.2, -0.15) is 0 Å². The molecule has 1 saturated heterocycles. The van der Waals surface area contributed by atoms with Crippen LogP contribution in [-0.4, -0.2) is 24.3 Å². The lowest BCUT2D eigenvalue weighted by molar-refractivity contribution is 0.0106. The van der Waals surface area contributed by atoms with Crippen LogP contribution in [0.3, 0.4) is 0 Å². The van der Waals surface area contributed by atoms with Crippen molar-refractivity contribution in [1.29, 1.82) is 0 Å². The molecule has 134 valence electrons. The third kappa shape index (κ3) is 3.57. The fraction of sp³-hybridized carbons (Fsp3) is 0.273. The predicted octanol–water partition coefficient (Wildman–Crippen LogP) is 4.35. The molecule has 0 bridgehead atoms. The molecule has 1 heterocycles. The smallest absolute Gasteiger partial charge is 0.123 e. The molecular formula is C22H22FNO2. The summed E-state index contributed by atoms with van der Waals surface area (Å²) in [5.74, 6) is 0.302. The number of hydrogen-bond donors (Lipinski definition) is 2. The predicted molar refractivity (Wildman–Crippen MR) is 101 cm³/mol. The Morgan fingerprint density at radius 2 is 1.88 bits per heavy atom. The number of ether oxygens (including phenoxy) is 1. The Morgan fingerprint density at radius 3 is 2.73 bits per heavy atom. The molecule has 3 aromatic carbocycles. The Balaban J connectivity index is 1.51. The van der Waals surface area contributed by atoms with Crippen LogP contribution in [0.4, 0.5) is 4.39 Å². The molecule has 3 nitrogen and oxygen atoms in total. The van der Waals surface area contributed by atoms with Crippen molar-refractivity contribution >= 4 is 10.8 Å². The van der Waals surface area contributed by atoms with E-state index in [2.05, 4.69) is 11.4 Å². The lowest BCUT2D eigenvalue weighted by Crippen LogP contribution is -2.40. The van der Waals surface area contributed by atoms with E-state index in [-0.39, 0.29) is 23.6 Å². The van der Waals surface area contributed by atoms with Gasteiger partial charge in [0.1, 0.15) is 11.6 Å². The van der Waals surface area contributed by atoms with E-state index < -0.39 is 0 Å². The molecule has 2 atom stereocenters. The molecule has 1 fully saturated rings. The Bertz CT molecular complexity index is 894. The molecule has 26 heavy (non-hydrogen) atoms. The topological polar surface area (TPSA) is 41.5 Å². The monoisotopic (exact) mass is 351 g/mol. The minimum atomic E-state index is -0.216. The average Bonchev–Trinajstić information content (AvgIpc) is 2.67. The normalized spacial score (nSPS) is 20.3. The zero-order valence-electron chi connectivity index (χ0n) is 14.5. The van der Waals surface area contributed by atoms with E-state index in [0.29, 0.717) is 6.61 Å². The van der Waals surface area contributed by atoms with Gasteiger partial charge < -0.3 is 15.2 Å². The minimum absolute atomic E-state index is 0.0165. The molecule has 1 aliphatic rings. The highest BCUT2D eigenvalue weighted by molar-refractivity contribution is 5.88. The van der Waals surface area contributed by atoms with Crippen molar-refractivity contribution < 1.29 is 14.2 Å². The first kappa shape index (κ1) is 17.0. The van der Waals surface area contributed by atoms with Crippen LogP contribution >= 0.6 is 0 Å². The summed E-state index contributed by atoms with van der Waals surface area (Å²) in [5.41, 5.74) is 2.06. The minimum Gasteiger partial charge on any atom is -0.507 e. The summed E-state index contributed by atoms with van der Waals surface area (Å²) in [5, 5.41) is 15.5. The Kier molecular flexibility index (Phi) is 4.87. The highest BCUT2D eigenvalue weighted by Gasteiger charge is 2.27. The van der Waals surface area contributed by atoms with Crippen LogP contribution in [0.15, 0.2) is 60.7 Å². The first-order chi connectivity index (χ1) is 12.7. The third-order valence-electron chi connectivity index (χ3n) is 5.09. The van der Waals surface area contributed by atoms with Crippen LogP contribution in [0.1, 0.15) is 23.5 Å². The number of rotatable bonds is 4. The van der Waals surface area contributed by atoms with Crippen LogP contribution < -0.4 is 5.32 Å². The van der Waals surface area contributed by atoms with E-state index in [9.17, 15) is 9.50 Å². The maximum atomic E-state index is 13.2. The summed E-state index contributed by atoms with van der Waals surface area (Å²) in [6, 6.07) is 18.3. The van der Waals surface area contributed by atoms with Gasteiger partial charge in [0.25, 0.3) is 0 Å². The van der Waals surface area contributed by atoms with Gasteiger partial charge in [0, 0.05) is 17.8 Å². The Hall–Kier alpha value is -2.43. The van der Waals surface area contributed by atoms with Crippen molar-refractivity contribution in [2.75, 3.05) is 13.1 Å². The molecule has 0 amide bonds. The number of phenols is 1. The van der Waals surface area contributed by atoms with Crippen molar-refractivity contribution in [2.45, 2.75) is 25.0 Å². The number of fused-ring (bicyclic) bond motifs is 1. The van der Waals surface area contributed by atoms with Gasteiger partial charge in [0.2, 0.25) is 0 Å². The number of benzene rings is 3. The van der Waals surface area contributed by atoms with Gasteiger partial charge in [-0.3, -0.25) is 0 Å². The van der Waals surface area contributed by atoms with Gasteiger partial charge in [0.05, 0.1) is 12.7 Å². The molecule has 2 unspecified atom stereocenters. The van der Waals surface area contributed by atoms with Crippen molar-refractivity contribution in [3.63, 3.8) is 0 Å². The third-order valence-corrected chi connectivity index (χ3v) is 5.09. The number of nitrogens with one attached hydrogen (secondary N) is 1. The quantitative estimate of drug-likeness (QED) is 0.734. The van der Waals surface area contributed by atoms with Crippen LogP contribution in [0.5, 0.6) is 5.75 Å². The van der Waals surface area contributed by atoms with E-state index in [4.69, 9.17) is 4.74 Å². The van der Waals surface area contributed by atoms with E-state index in [1.807, 2.05) is 36.4 Å². The number of hydrogen-bond acceptors (Lipinski definition) is 3. The molecule has 3 aromatic rings. The molecule has 2 N–H and O–H groups in total. The van der Waals surface area contributed by atoms with Gasteiger partial charge >= 0.3 is 0 Å². The van der Waals surface area contributed by atoms with Crippen LogP contribution in [0, 0.1) is 5.82 Å². The summed E-state index contributed by atoms with van der Waals surface area (Å²) in [4.78, 5) is 0. The highest BCUT2D eigenvalue weighted by Crippen LogP contribution is 2.30.